The highest BCUT2D eigenvalue weighted by molar-refractivity contribution is 6.31. The number of rotatable bonds is 20. The molecule has 7 N–H and O–H groups in total. The van der Waals surface area contributed by atoms with Crippen LogP contribution in [0.5, 0.6) is 28.7 Å². The summed E-state index contributed by atoms with van der Waals surface area (Å²) in [7, 11) is 0. The second-order valence-corrected chi connectivity index (χ2v) is 38.2. The molecule has 1 unspecified atom stereocenters. The lowest BCUT2D eigenvalue weighted by molar-refractivity contribution is -0.132. The molecule has 16 aromatic rings. The Hall–Kier alpha value is -14.4. The predicted molar refractivity (Wildman–Crippen MR) is 557 cm³/mol. The summed E-state index contributed by atoms with van der Waals surface area (Å²) in [5.41, 5.74) is 19.8. The van der Waals surface area contributed by atoms with Crippen molar-refractivity contribution in [1.82, 2.24) is 79.9 Å². The standard InChI is InChI=1S/C24H31N3O2.C20H26O4.2C14H12ClN3O.2C14H13N3O.C11H17NO3.2H2/c1-3-4-5-6-7-8-11-20(28)15-14-19-16-18(2)24(29)23(17-19)27-25-21-12-9-10-13-22(21)26-27;21-19(23-15-9-3-1-4-10-15)17-13-7-8-14-18(17)20(22)24-16-11-5-2-6-12-16;2*1-8-5-9(2)14(19)13(6-8)18-16-11-4-3-10(15)7-12(11)17-18;2*1-9-7-10(2)14(18)13(8-9)17-15-11-5-3-4-6-12(11)16-17;1-11(15)7-8(9(13)10(11)14)12-5-3-2-4-6-12;;/h9-10,12-13,16-17,29H,3-8,11,14-15H2,1-2H3;7-8,13-16H,1-6,9-12H2;2*3-7,19H,1-2H3;2*3-8,18H,1-2H3;13,15H,2-7H2,1H3;2*1H. The summed E-state index contributed by atoms with van der Waals surface area (Å²) in [5.74, 6) is -0.264. The average Bonchev–Trinajstić information content (AvgIpc) is 1.82. The molecule has 1 atom stereocenters. The SMILES string of the molecule is CC1(O)CC(N2CCCCC2)=C(O)C1=O.CCCCCCCCC(=O)CCc1cc(C)c(O)c(-n2nc3ccccc3n2)c1.Cc1cc(C)c(O)c(-n2nc3ccc(Cl)cc3n2)c1.Cc1cc(C)c(O)c(-n2nc3ccc(Cl)cc3n2)c1.Cc1cc(C)c(O)c(-n2nc3ccccc3n2)c1.Cc1cc(C)c(O)c(-n2nc3ccccc3n2)c1.O=C(OC1CCCCC1)c1ccccc1C(=O)OC1CCCCC1.[HH].[HH]. The maximum absolute atomic E-state index is 12.5. The van der Waals surface area contributed by atoms with Gasteiger partial charge in [-0.05, 0) is 324 Å². The Morgan fingerprint density at radius 1 is 0.373 bits per heavy atom. The molecule has 0 spiro atoms. The third-order valence-corrected chi connectivity index (χ3v) is 25.9. The number of piperidine rings is 1. The van der Waals surface area contributed by atoms with Gasteiger partial charge in [0.25, 0.3) is 0 Å². The Bertz CT molecular complexity index is 6830. The molecule has 1 aliphatic heterocycles. The quantitative estimate of drug-likeness (QED) is 0.0275. The van der Waals surface area contributed by atoms with Gasteiger partial charge in [0.05, 0.1) is 16.8 Å². The molecule has 3 fully saturated rings. The molecule has 2 saturated carbocycles. The van der Waals surface area contributed by atoms with Crippen molar-refractivity contribution >= 4 is 102 Å². The smallest absolute Gasteiger partial charge is 0.339 e. The first-order chi connectivity index (χ1) is 68.2. The van der Waals surface area contributed by atoms with Gasteiger partial charge in [-0.25, -0.2) is 9.59 Å². The van der Waals surface area contributed by atoms with Gasteiger partial charge in [0.15, 0.2) is 5.76 Å². The Kier molecular flexibility index (Phi) is 34.7. The number of unbranched alkanes of at least 4 members (excludes halogenated alkanes) is 5. The van der Waals surface area contributed by atoms with E-state index in [9.17, 15) is 54.9 Å². The van der Waals surface area contributed by atoms with Crippen LogP contribution in [0.4, 0.5) is 0 Å². The fourth-order valence-corrected chi connectivity index (χ4v) is 18.2. The van der Waals surface area contributed by atoms with E-state index in [1.54, 1.807) is 60.7 Å². The molecule has 29 nitrogen and oxygen atoms in total. The van der Waals surface area contributed by atoms with Crippen LogP contribution in [0.2, 0.25) is 10.0 Å². The normalized spacial score (nSPS) is 14.8. The second kappa shape index (κ2) is 47.7. The molecule has 5 aromatic heterocycles. The van der Waals surface area contributed by atoms with Crippen molar-refractivity contribution in [1.29, 1.82) is 0 Å². The monoisotopic (exact) mass is 1960 g/mol. The number of aromatic nitrogens is 15. The third kappa shape index (κ3) is 26.4. The number of benzene rings is 11. The van der Waals surface area contributed by atoms with E-state index in [0.29, 0.717) is 91.4 Å². The lowest BCUT2D eigenvalue weighted by atomic mass is 9.97. The van der Waals surface area contributed by atoms with Crippen molar-refractivity contribution in [3.05, 3.63) is 282 Å². The summed E-state index contributed by atoms with van der Waals surface area (Å²) in [6.07, 6.45) is 23.1. The number of nitrogens with zero attached hydrogens (tertiary/aromatic N) is 16. The Morgan fingerprint density at radius 2 is 0.676 bits per heavy atom. The minimum Gasteiger partial charge on any atom is -0.505 e. The highest BCUT2D eigenvalue weighted by atomic mass is 35.5. The minimum absolute atomic E-state index is 0. The number of hydrogen-bond donors (Lipinski definition) is 7. The lowest BCUT2D eigenvalue weighted by Gasteiger charge is -2.30. The number of carbonyl (C=O) groups excluding carboxylic acids is 4. The molecule has 744 valence electrons. The van der Waals surface area contributed by atoms with E-state index in [1.165, 1.54) is 75.9 Å². The largest absolute Gasteiger partial charge is 0.505 e. The molecule has 4 aliphatic rings. The molecule has 20 rings (SSSR count). The summed E-state index contributed by atoms with van der Waals surface area (Å²) < 4.78 is 11.2. The number of halogens is 2. The van der Waals surface area contributed by atoms with Crippen molar-refractivity contribution in [2.24, 2.45) is 0 Å². The zero-order chi connectivity index (χ0) is 101. The van der Waals surface area contributed by atoms with E-state index >= 15 is 0 Å². The van der Waals surface area contributed by atoms with E-state index in [1.807, 2.05) is 201 Å². The van der Waals surface area contributed by atoms with Crippen molar-refractivity contribution in [3.63, 3.8) is 0 Å². The number of ketones is 2. The van der Waals surface area contributed by atoms with Crippen LogP contribution in [0.15, 0.2) is 206 Å². The Labute approximate surface area is 838 Å². The maximum Gasteiger partial charge on any atom is 0.339 e. The van der Waals surface area contributed by atoms with Gasteiger partial charge in [-0.2, -0.15) is 0 Å². The third-order valence-electron chi connectivity index (χ3n) is 25.4. The molecule has 6 heterocycles. The van der Waals surface area contributed by atoms with E-state index in [-0.39, 0.29) is 56.0 Å². The Balaban J connectivity index is 0.000000151. The van der Waals surface area contributed by atoms with Crippen molar-refractivity contribution in [3.8, 4) is 57.2 Å². The number of aliphatic hydroxyl groups is 2. The number of phenolic OH excluding ortho intramolecular Hbond substituents is 5. The van der Waals surface area contributed by atoms with Crippen LogP contribution in [-0.2, 0) is 25.5 Å². The molecule has 0 amide bonds. The van der Waals surface area contributed by atoms with Gasteiger partial charge in [0.2, 0.25) is 5.78 Å². The van der Waals surface area contributed by atoms with Crippen molar-refractivity contribution < 1.29 is 67.3 Å². The number of likely N-dealkylation sites (tertiary alicyclic amines) is 1. The van der Waals surface area contributed by atoms with Gasteiger partial charge in [0, 0.05) is 45.3 Å². The van der Waals surface area contributed by atoms with Gasteiger partial charge in [-0.1, -0.05) is 154 Å². The minimum atomic E-state index is -1.41. The van der Waals surface area contributed by atoms with Crippen LogP contribution in [0.1, 0.15) is 234 Å². The van der Waals surface area contributed by atoms with Crippen LogP contribution in [0.3, 0.4) is 0 Å². The number of aliphatic hydroxyl groups excluding tert-OH is 1. The molecule has 142 heavy (non-hydrogen) atoms. The number of ether oxygens (including phenoxy) is 2. The first-order valence-corrected chi connectivity index (χ1v) is 49.5. The molecule has 11 aromatic carbocycles. The summed E-state index contributed by atoms with van der Waals surface area (Å²) in [6.45, 7) is 22.6. The van der Waals surface area contributed by atoms with Crippen LogP contribution in [0.25, 0.3) is 83.6 Å². The van der Waals surface area contributed by atoms with Crippen LogP contribution >= 0.6 is 23.2 Å². The van der Waals surface area contributed by atoms with Gasteiger partial charge in [0.1, 0.15) is 136 Å². The molecule has 0 radical (unpaired) electrons. The van der Waals surface area contributed by atoms with Crippen LogP contribution in [0, 0.1) is 62.3 Å². The van der Waals surface area contributed by atoms with Gasteiger partial charge in [-0.15, -0.1) is 75.0 Å². The maximum atomic E-state index is 12.5. The lowest BCUT2D eigenvalue weighted by Crippen LogP contribution is -2.33. The van der Waals surface area contributed by atoms with Gasteiger partial charge in [-0.3, -0.25) is 9.59 Å². The van der Waals surface area contributed by atoms with Crippen LogP contribution < -0.4 is 0 Å². The number of phenols is 5. The van der Waals surface area contributed by atoms with Crippen LogP contribution in [-0.4, -0.2) is 170 Å². The number of esters is 2. The van der Waals surface area contributed by atoms with E-state index in [4.69, 9.17) is 32.7 Å². The number of Topliss-reactive ketones (excluding diaryl/α,β-unsaturated/α-hetero) is 2. The Morgan fingerprint density at radius 3 is 1.01 bits per heavy atom. The first kappa shape index (κ1) is 103. The summed E-state index contributed by atoms with van der Waals surface area (Å²) >= 11 is 11.9. The molecule has 0 bridgehead atoms. The topological polar surface area (TPSA) is 385 Å². The van der Waals surface area contributed by atoms with Crippen molar-refractivity contribution in [2.75, 3.05) is 13.1 Å². The number of carbonyl (C=O) groups is 4. The molecular formula is C111H128Cl2N16O13. The highest BCUT2D eigenvalue weighted by Crippen LogP contribution is 2.38. The van der Waals surface area contributed by atoms with E-state index in [2.05, 4.69) is 57.9 Å². The molecule has 31 heteroatoms. The second-order valence-electron chi connectivity index (χ2n) is 37.3. The van der Waals surface area contributed by atoms with E-state index in [0.717, 1.165) is 190 Å². The van der Waals surface area contributed by atoms with E-state index < -0.39 is 23.3 Å². The fraction of sp³-hybridized carbons (Fsp3) is 0.351. The fourth-order valence-electron chi connectivity index (χ4n) is 17.8. The first-order valence-electron chi connectivity index (χ1n) is 48.8. The predicted octanol–water partition coefficient (Wildman–Crippen LogP) is 24.1. The molecule has 1 saturated heterocycles. The number of hydrogen-bond acceptors (Lipinski definition) is 24. The highest BCUT2D eigenvalue weighted by Gasteiger charge is 2.44. The number of aromatic hydroxyl groups is 5. The zero-order valence-corrected chi connectivity index (χ0v) is 83.8. The summed E-state index contributed by atoms with van der Waals surface area (Å²) in [5, 5.41) is 115. The zero-order valence-electron chi connectivity index (χ0n) is 82.3. The van der Waals surface area contributed by atoms with Gasteiger partial charge >= 0.3 is 11.9 Å². The number of aryl methyl sites for hydroxylation is 10. The summed E-state index contributed by atoms with van der Waals surface area (Å²) in [6, 6.07) is 59.4. The van der Waals surface area contributed by atoms with Crippen molar-refractivity contribution in [2.45, 2.75) is 242 Å². The molecule has 3 aliphatic carbocycles. The van der Waals surface area contributed by atoms with Gasteiger partial charge < -0.3 is 50.1 Å². The summed E-state index contributed by atoms with van der Waals surface area (Å²) in [4.78, 5) is 58.1. The number of fused-ring (bicyclic) bond motifs is 5. The average molecular weight is 1970 g/mol. The molecular weight excluding hydrogens is 1840 g/mol.